The average molecular weight is 1200 g/mol. The van der Waals surface area contributed by atoms with Gasteiger partial charge in [-0.3, -0.25) is 11.8 Å². The van der Waals surface area contributed by atoms with E-state index < -0.39 is 0 Å². The van der Waals surface area contributed by atoms with Gasteiger partial charge in [-0.05, 0) is 136 Å². The van der Waals surface area contributed by atoms with Crippen LogP contribution in [0.5, 0.6) is 0 Å². The van der Waals surface area contributed by atoms with Crippen molar-refractivity contribution in [2.75, 3.05) is 12.3 Å². The van der Waals surface area contributed by atoms with Crippen LogP contribution in [0.25, 0.3) is 22.3 Å². The summed E-state index contributed by atoms with van der Waals surface area (Å²) in [4.78, 5) is 0. The number of hydrogen-bond donors (Lipinski definition) is 0. The van der Waals surface area contributed by atoms with Gasteiger partial charge in [0.25, 0.3) is 0 Å². The van der Waals surface area contributed by atoms with Gasteiger partial charge in [-0.15, -0.1) is 35.4 Å². The molecule has 0 heterocycles. The molecular weight excluding hydrogens is 1130 g/mol. The van der Waals surface area contributed by atoms with Gasteiger partial charge in [-0.2, -0.15) is 0 Å². The van der Waals surface area contributed by atoms with Crippen LogP contribution in [0.2, 0.25) is 0 Å². The van der Waals surface area contributed by atoms with E-state index in [9.17, 15) is 0 Å². The van der Waals surface area contributed by atoms with E-state index in [0.29, 0.717) is 0 Å². The van der Waals surface area contributed by atoms with E-state index >= 15 is 0 Å². The first-order valence-electron chi connectivity index (χ1n) is 23.6. The third kappa shape index (κ3) is 12.7. The maximum Gasteiger partial charge on any atom is 1.00 e. The summed E-state index contributed by atoms with van der Waals surface area (Å²) in [5, 5.41) is 0. The minimum absolute atomic E-state index is 0. The standard InChI is InChI=1S/C26H50P2.2C15H9.2Au/c1-3-14-23(4-2)27(24-15-8-5-9-16-24)21-22-28(25-17-10-6-11-18-25)26-19-12-7-13-20-26;2*1-2-11-7-8-15-13(9-11)10-12-5-3-4-6-14(12)15;;/h23-26H,3-22H2,1-2H3;2*3-9H,10H2;;/q;2*-1;2*+1/p+2. The summed E-state index contributed by atoms with van der Waals surface area (Å²) in [6, 6.07) is 29.2. The monoisotopic (exact) mass is 1200 g/mol. The van der Waals surface area contributed by atoms with Crippen molar-refractivity contribution in [2.24, 2.45) is 0 Å². The first-order chi connectivity index (χ1) is 28.6. The Labute approximate surface area is 400 Å². The molecule has 0 aromatic heterocycles. The Balaban J connectivity index is 0.000000181. The summed E-state index contributed by atoms with van der Waals surface area (Å²) in [6.07, 6.45) is 47.9. The van der Waals surface area contributed by atoms with Crippen LogP contribution < -0.4 is 0 Å². The average Bonchev–Trinajstić information content (AvgIpc) is 3.86. The van der Waals surface area contributed by atoms with Crippen LogP contribution in [0.4, 0.5) is 0 Å². The molecular formula is C56H70Au2P2+2. The molecule has 0 nitrogen and oxygen atoms in total. The quantitative estimate of drug-likeness (QED) is 0.0555. The molecule has 4 heteroatoms. The van der Waals surface area contributed by atoms with Gasteiger partial charge in [0, 0.05) is 15.8 Å². The van der Waals surface area contributed by atoms with Crippen molar-refractivity contribution in [1.29, 1.82) is 0 Å². The fourth-order valence-corrected chi connectivity index (χ4v) is 21.5. The van der Waals surface area contributed by atoms with Gasteiger partial charge in [-0.1, -0.05) is 111 Å². The van der Waals surface area contributed by atoms with E-state index in [4.69, 9.17) is 12.8 Å². The van der Waals surface area contributed by atoms with Crippen LogP contribution in [0.3, 0.4) is 0 Å². The van der Waals surface area contributed by atoms with Gasteiger partial charge < -0.3 is 12.8 Å². The van der Waals surface area contributed by atoms with E-state index in [1.54, 1.807) is 109 Å². The molecule has 0 saturated heterocycles. The van der Waals surface area contributed by atoms with Gasteiger partial charge in [0.05, 0.1) is 35.0 Å². The van der Waals surface area contributed by atoms with Gasteiger partial charge in [0.2, 0.25) is 0 Å². The Bertz CT molecular complexity index is 1840. The molecule has 0 aliphatic heterocycles. The summed E-state index contributed by atoms with van der Waals surface area (Å²) in [5.41, 5.74) is 17.2. The molecule has 4 aromatic rings. The summed E-state index contributed by atoms with van der Waals surface area (Å²) < 4.78 is 0. The molecule has 0 amide bonds. The Morgan fingerprint density at radius 1 is 0.517 bits per heavy atom. The molecule has 5 aliphatic carbocycles. The number of benzene rings is 4. The molecule has 0 radical (unpaired) electrons. The Kier molecular flexibility index (Phi) is 21.0. The van der Waals surface area contributed by atoms with Crippen molar-refractivity contribution in [3.63, 3.8) is 0 Å². The van der Waals surface area contributed by atoms with Gasteiger partial charge >= 0.3 is 44.8 Å². The second kappa shape index (κ2) is 25.6. The van der Waals surface area contributed by atoms with E-state index in [1.807, 2.05) is 12.1 Å². The van der Waals surface area contributed by atoms with Crippen LogP contribution in [-0.2, 0) is 57.6 Å². The van der Waals surface area contributed by atoms with Crippen molar-refractivity contribution in [3.05, 3.63) is 131 Å². The van der Waals surface area contributed by atoms with E-state index in [0.717, 1.165) is 29.6 Å². The van der Waals surface area contributed by atoms with Gasteiger partial charge in [0.1, 0.15) is 0 Å². The van der Waals surface area contributed by atoms with E-state index in [-0.39, 0.29) is 60.6 Å². The fraction of sp³-hybridized carbons (Fsp3) is 0.500. The molecule has 3 fully saturated rings. The zero-order valence-corrected chi connectivity index (χ0v) is 42.9. The van der Waals surface area contributed by atoms with Crippen molar-refractivity contribution in [3.8, 4) is 34.1 Å². The summed E-state index contributed by atoms with van der Waals surface area (Å²) in [5.74, 6) is 4.87. The third-order valence-electron chi connectivity index (χ3n) is 14.6. The fourth-order valence-electron chi connectivity index (χ4n) is 11.6. The molecule has 5 aliphatic rings. The normalized spacial score (nSPS) is 17.9. The summed E-state index contributed by atoms with van der Waals surface area (Å²) in [6.45, 7) is 4.98. The molecule has 4 aromatic carbocycles. The second-order valence-corrected chi connectivity index (χ2v) is 24.8. The smallest absolute Gasteiger partial charge is 0.366 e. The Morgan fingerprint density at radius 3 is 1.35 bits per heavy atom. The molecule has 324 valence electrons. The maximum absolute atomic E-state index is 7.12. The largest absolute Gasteiger partial charge is 1.00 e. The molecule has 0 bridgehead atoms. The summed E-state index contributed by atoms with van der Waals surface area (Å²) >= 11 is 0. The van der Waals surface area contributed by atoms with Crippen LogP contribution in [-0.4, -0.2) is 35.0 Å². The van der Waals surface area contributed by atoms with E-state index in [1.165, 1.54) is 80.7 Å². The number of fused-ring (bicyclic) bond motifs is 6. The van der Waals surface area contributed by atoms with Crippen molar-refractivity contribution in [2.45, 2.75) is 165 Å². The molecule has 0 N–H and O–H groups in total. The minimum atomic E-state index is -0.142. The molecule has 2 unspecified atom stereocenters. The second-order valence-electron chi connectivity index (χ2n) is 18.2. The molecule has 0 spiro atoms. The zero-order valence-electron chi connectivity index (χ0n) is 36.6. The van der Waals surface area contributed by atoms with Crippen LogP contribution in [0, 0.1) is 24.7 Å². The maximum atomic E-state index is 7.12. The first-order valence-corrected chi connectivity index (χ1v) is 27.3. The molecule has 3 saturated carbocycles. The van der Waals surface area contributed by atoms with Crippen LogP contribution in [0.1, 0.15) is 163 Å². The molecule has 9 rings (SSSR count). The predicted molar refractivity (Wildman–Crippen MR) is 258 cm³/mol. The molecule has 2 atom stereocenters. The summed E-state index contributed by atoms with van der Waals surface area (Å²) in [7, 11) is -0.251. The van der Waals surface area contributed by atoms with Crippen LogP contribution in [0.15, 0.2) is 84.9 Å². The topological polar surface area (TPSA) is 0 Å². The Morgan fingerprint density at radius 2 is 0.933 bits per heavy atom. The Hall–Kier alpha value is -1.66. The first kappa shape index (κ1) is 49.4. The van der Waals surface area contributed by atoms with Gasteiger partial charge in [-0.25, -0.2) is 0 Å². The van der Waals surface area contributed by atoms with Gasteiger partial charge in [0.15, 0.2) is 0 Å². The minimum Gasteiger partial charge on any atom is -0.366 e. The van der Waals surface area contributed by atoms with E-state index in [2.05, 4.69) is 98.5 Å². The van der Waals surface area contributed by atoms with Crippen LogP contribution >= 0.6 is 15.8 Å². The van der Waals surface area contributed by atoms with Crippen molar-refractivity contribution < 1.29 is 44.8 Å². The van der Waals surface area contributed by atoms with Crippen molar-refractivity contribution in [1.82, 2.24) is 0 Å². The van der Waals surface area contributed by atoms with Crippen molar-refractivity contribution >= 4 is 15.8 Å². The zero-order chi connectivity index (χ0) is 40.1. The number of hydrogen-bond acceptors (Lipinski definition) is 0. The SMILES string of the molecule is CCCC(CC)[PH+](CC[PH+](C1CCCCC1)C1CCCCC1)C1CCCCC1.[Au+].[Au+].[C-]#Cc1ccc2c(c1)Cc1ccccc1-2.[C-]#Cc1ccc2c(c1)Cc1ccccc1-2. The third-order valence-corrected chi connectivity index (χ3v) is 23.4. The number of rotatable bonds is 10. The predicted octanol–water partition coefficient (Wildman–Crippen LogP) is 15.4. The molecule has 60 heavy (non-hydrogen) atoms.